The number of hydrogen-bond donors (Lipinski definition) is 2. The van der Waals surface area contributed by atoms with Gasteiger partial charge in [-0.1, -0.05) is 76.6 Å². The van der Waals surface area contributed by atoms with Crippen LogP contribution in [0, 0.1) is 29.6 Å². The molecule has 186 valence electrons. The summed E-state index contributed by atoms with van der Waals surface area (Å²) in [4.78, 5) is 2.60. The van der Waals surface area contributed by atoms with Crippen molar-refractivity contribution >= 4 is 0 Å². The van der Waals surface area contributed by atoms with E-state index in [9.17, 15) is 10.2 Å². The van der Waals surface area contributed by atoms with Crippen molar-refractivity contribution in [2.75, 3.05) is 19.7 Å². The van der Waals surface area contributed by atoms with E-state index in [1.807, 2.05) is 12.1 Å². The van der Waals surface area contributed by atoms with E-state index in [1.54, 1.807) is 5.56 Å². The SMILES string of the molecule is CC1CCC(C(C)C)[C@@](c2ccccc2)(C2CCN(C[C@@H](C)CO)[C@@H](c3ccc(O)cc3)C2)C1. The van der Waals surface area contributed by atoms with Gasteiger partial charge < -0.3 is 10.2 Å². The monoisotopic (exact) mass is 463 g/mol. The van der Waals surface area contributed by atoms with Gasteiger partial charge >= 0.3 is 0 Å². The highest BCUT2D eigenvalue weighted by Gasteiger charge is 2.52. The Morgan fingerprint density at radius 3 is 2.32 bits per heavy atom. The van der Waals surface area contributed by atoms with Crippen molar-refractivity contribution in [3.63, 3.8) is 0 Å². The van der Waals surface area contributed by atoms with E-state index in [1.165, 1.54) is 31.2 Å². The van der Waals surface area contributed by atoms with Crippen LogP contribution in [0.25, 0.3) is 0 Å². The van der Waals surface area contributed by atoms with Crippen LogP contribution in [-0.4, -0.2) is 34.8 Å². The molecule has 1 aliphatic heterocycles. The number of rotatable bonds is 7. The van der Waals surface area contributed by atoms with Gasteiger partial charge in [0, 0.05) is 24.6 Å². The molecule has 0 spiro atoms. The molecule has 3 nitrogen and oxygen atoms in total. The molecule has 2 aromatic carbocycles. The van der Waals surface area contributed by atoms with E-state index in [0.717, 1.165) is 25.4 Å². The van der Waals surface area contributed by atoms with E-state index in [-0.39, 0.29) is 17.9 Å². The summed E-state index contributed by atoms with van der Waals surface area (Å²) in [5, 5.41) is 19.7. The maximum atomic E-state index is 9.93. The molecule has 6 atom stereocenters. The zero-order chi connectivity index (χ0) is 24.3. The molecule has 2 aromatic rings. The fourth-order valence-corrected chi connectivity index (χ4v) is 7.47. The predicted molar refractivity (Wildman–Crippen MR) is 141 cm³/mol. The summed E-state index contributed by atoms with van der Waals surface area (Å²) in [5.41, 5.74) is 3.05. The molecule has 1 saturated heterocycles. The van der Waals surface area contributed by atoms with Gasteiger partial charge in [0.15, 0.2) is 0 Å². The smallest absolute Gasteiger partial charge is 0.115 e. The third kappa shape index (κ3) is 5.06. The van der Waals surface area contributed by atoms with E-state index in [4.69, 9.17) is 0 Å². The van der Waals surface area contributed by atoms with Crippen molar-refractivity contribution in [2.24, 2.45) is 29.6 Å². The molecule has 4 rings (SSSR count). The molecule has 1 aliphatic carbocycles. The largest absolute Gasteiger partial charge is 0.508 e. The number of hydrogen-bond acceptors (Lipinski definition) is 3. The molecule has 0 amide bonds. The van der Waals surface area contributed by atoms with Crippen LogP contribution in [0.4, 0.5) is 0 Å². The average molecular weight is 464 g/mol. The van der Waals surface area contributed by atoms with Gasteiger partial charge in [-0.15, -0.1) is 0 Å². The maximum Gasteiger partial charge on any atom is 0.115 e. The predicted octanol–water partition coefficient (Wildman–Crippen LogP) is 6.80. The van der Waals surface area contributed by atoms with Crippen LogP contribution in [0.3, 0.4) is 0 Å². The van der Waals surface area contributed by atoms with Crippen LogP contribution in [-0.2, 0) is 5.41 Å². The number of phenolic OH excluding ortho intramolecular Hbond substituents is 1. The second-order valence-corrected chi connectivity index (χ2v) is 11.8. The highest BCUT2D eigenvalue weighted by atomic mass is 16.3. The Kier molecular flexibility index (Phi) is 8.05. The van der Waals surface area contributed by atoms with Crippen LogP contribution in [0.1, 0.15) is 77.0 Å². The number of phenols is 1. The van der Waals surface area contributed by atoms with Crippen LogP contribution in [0.15, 0.2) is 54.6 Å². The second kappa shape index (κ2) is 10.8. The molecule has 1 saturated carbocycles. The van der Waals surface area contributed by atoms with E-state index in [0.29, 0.717) is 29.5 Å². The Morgan fingerprint density at radius 1 is 0.971 bits per heavy atom. The lowest BCUT2D eigenvalue weighted by Crippen LogP contribution is -2.52. The van der Waals surface area contributed by atoms with Gasteiger partial charge in [-0.05, 0) is 85.1 Å². The lowest BCUT2D eigenvalue weighted by Gasteiger charge is -2.56. The van der Waals surface area contributed by atoms with Gasteiger partial charge in [-0.25, -0.2) is 0 Å². The Bertz CT molecular complexity index is 895. The Balaban J connectivity index is 1.75. The third-order valence-electron chi connectivity index (χ3n) is 9.01. The Morgan fingerprint density at radius 2 is 1.68 bits per heavy atom. The van der Waals surface area contributed by atoms with Crippen molar-refractivity contribution < 1.29 is 10.2 Å². The number of piperidine rings is 1. The lowest BCUT2D eigenvalue weighted by atomic mass is 9.50. The van der Waals surface area contributed by atoms with Crippen LogP contribution in [0.5, 0.6) is 5.75 Å². The minimum atomic E-state index is 0.205. The molecule has 3 unspecified atom stereocenters. The number of aliphatic hydroxyl groups is 1. The molecule has 0 aromatic heterocycles. The van der Waals surface area contributed by atoms with Gasteiger partial charge in [0.25, 0.3) is 0 Å². The summed E-state index contributed by atoms with van der Waals surface area (Å²) in [6, 6.07) is 19.7. The molecule has 2 fully saturated rings. The molecule has 3 heteroatoms. The number of aromatic hydroxyl groups is 1. The molecule has 0 bridgehead atoms. The van der Waals surface area contributed by atoms with Gasteiger partial charge in [-0.3, -0.25) is 4.90 Å². The van der Waals surface area contributed by atoms with E-state index in [2.05, 4.69) is 75.1 Å². The number of aliphatic hydroxyl groups excluding tert-OH is 1. The van der Waals surface area contributed by atoms with Crippen LogP contribution in [0.2, 0.25) is 0 Å². The van der Waals surface area contributed by atoms with E-state index < -0.39 is 0 Å². The highest BCUT2D eigenvalue weighted by Crippen LogP contribution is 2.57. The topological polar surface area (TPSA) is 43.7 Å². The van der Waals surface area contributed by atoms with Crippen molar-refractivity contribution in [3.05, 3.63) is 65.7 Å². The minimum Gasteiger partial charge on any atom is -0.508 e. The first-order chi connectivity index (χ1) is 16.3. The van der Waals surface area contributed by atoms with Crippen molar-refractivity contribution in [1.29, 1.82) is 0 Å². The van der Waals surface area contributed by atoms with Gasteiger partial charge in [0.2, 0.25) is 0 Å². The standard InChI is InChI=1S/C31H45NO2/c1-22(2)29-15-10-23(3)19-31(29,26-8-6-5-7-9-26)27-16-17-32(20-24(4)21-33)30(18-27)25-11-13-28(34)14-12-25/h5-9,11-14,22-24,27,29-30,33-34H,10,15-21H2,1-4H3/t23?,24-,27?,29?,30-,31+/m1/s1. The van der Waals surface area contributed by atoms with Gasteiger partial charge in [0.1, 0.15) is 5.75 Å². The summed E-state index contributed by atoms with van der Waals surface area (Å²) in [6.45, 7) is 11.7. The summed E-state index contributed by atoms with van der Waals surface area (Å²) >= 11 is 0. The normalized spacial score (nSPS) is 31.5. The van der Waals surface area contributed by atoms with Crippen molar-refractivity contribution in [3.8, 4) is 5.75 Å². The third-order valence-corrected chi connectivity index (χ3v) is 9.01. The summed E-state index contributed by atoms with van der Waals surface area (Å²) in [5.74, 6) is 3.30. The first-order valence-corrected chi connectivity index (χ1v) is 13.5. The van der Waals surface area contributed by atoms with Crippen LogP contribution >= 0.6 is 0 Å². The van der Waals surface area contributed by atoms with Crippen molar-refractivity contribution in [2.45, 2.75) is 71.3 Å². The molecule has 2 aliphatic rings. The summed E-state index contributed by atoms with van der Waals surface area (Å²) in [7, 11) is 0. The lowest BCUT2D eigenvalue weighted by molar-refractivity contribution is -0.00834. The number of likely N-dealkylation sites (tertiary alicyclic amines) is 1. The quantitative estimate of drug-likeness (QED) is 0.474. The zero-order valence-electron chi connectivity index (χ0n) is 21.7. The molecular formula is C31H45NO2. The Hall–Kier alpha value is -1.84. The van der Waals surface area contributed by atoms with Crippen molar-refractivity contribution in [1.82, 2.24) is 4.90 Å². The maximum absolute atomic E-state index is 9.93. The van der Waals surface area contributed by atoms with Gasteiger partial charge in [-0.2, -0.15) is 0 Å². The fourth-order valence-electron chi connectivity index (χ4n) is 7.47. The summed E-state index contributed by atoms with van der Waals surface area (Å²) in [6.07, 6.45) is 6.27. The first kappa shape index (κ1) is 25.3. The number of benzene rings is 2. The minimum absolute atomic E-state index is 0.205. The second-order valence-electron chi connectivity index (χ2n) is 11.8. The molecule has 1 heterocycles. The molecular weight excluding hydrogens is 418 g/mol. The number of nitrogens with zero attached hydrogens (tertiary/aromatic N) is 1. The Labute approximate surface area is 207 Å². The molecule has 34 heavy (non-hydrogen) atoms. The van der Waals surface area contributed by atoms with E-state index >= 15 is 0 Å². The highest BCUT2D eigenvalue weighted by molar-refractivity contribution is 5.32. The molecule has 2 N–H and O–H groups in total. The van der Waals surface area contributed by atoms with Gasteiger partial charge in [0.05, 0.1) is 0 Å². The summed E-state index contributed by atoms with van der Waals surface area (Å²) < 4.78 is 0. The molecule has 0 radical (unpaired) electrons. The first-order valence-electron chi connectivity index (χ1n) is 13.5. The zero-order valence-corrected chi connectivity index (χ0v) is 21.7. The van der Waals surface area contributed by atoms with Crippen LogP contribution < -0.4 is 0 Å². The average Bonchev–Trinajstić information content (AvgIpc) is 2.85. The fraction of sp³-hybridized carbons (Fsp3) is 0.613.